The molecule has 2 atom stereocenters. The molecule has 154 valence electrons. The second kappa shape index (κ2) is 7.34. The molecule has 0 unspecified atom stereocenters. The highest BCUT2D eigenvalue weighted by atomic mass is 32.1. The number of hydrogen-bond donors (Lipinski definition) is 2. The van der Waals surface area contributed by atoms with Gasteiger partial charge in [-0.2, -0.15) is 5.10 Å². The Kier molecular flexibility index (Phi) is 4.99. The van der Waals surface area contributed by atoms with Crippen LogP contribution in [-0.4, -0.2) is 45.6 Å². The van der Waals surface area contributed by atoms with E-state index in [2.05, 4.69) is 15.4 Å². The van der Waals surface area contributed by atoms with E-state index < -0.39 is 23.9 Å². The van der Waals surface area contributed by atoms with Crippen LogP contribution >= 0.6 is 11.3 Å². The minimum absolute atomic E-state index is 0.266. The summed E-state index contributed by atoms with van der Waals surface area (Å²) in [6, 6.07) is -0.437. The second-order valence-corrected chi connectivity index (χ2v) is 8.43. The fourth-order valence-electron chi connectivity index (χ4n) is 3.65. The van der Waals surface area contributed by atoms with Crippen LogP contribution in [0.25, 0.3) is 16.8 Å². The average molecular weight is 421 g/mol. The molecule has 7 nitrogen and oxygen atoms in total. The molecule has 4 rings (SSSR count). The van der Waals surface area contributed by atoms with E-state index in [4.69, 9.17) is 10.5 Å². The third-order valence-electron chi connectivity index (χ3n) is 5.22. The molecule has 0 aromatic carbocycles. The number of amides is 1. The summed E-state index contributed by atoms with van der Waals surface area (Å²) in [5.41, 5.74) is 8.00. The number of hydrogen-bond acceptors (Lipinski definition) is 6. The smallest absolute Gasteiger partial charge is 0.269 e. The van der Waals surface area contributed by atoms with Gasteiger partial charge in [0, 0.05) is 28.5 Å². The highest BCUT2D eigenvalue weighted by Gasteiger charge is 2.46. The van der Waals surface area contributed by atoms with Crippen molar-refractivity contribution in [2.75, 3.05) is 7.11 Å². The summed E-state index contributed by atoms with van der Waals surface area (Å²) in [4.78, 5) is 18.3. The Labute approximate surface area is 169 Å². The van der Waals surface area contributed by atoms with Crippen molar-refractivity contribution in [3.05, 3.63) is 34.4 Å². The first-order chi connectivity index (χ1) is 13.8. The van der Waals surface area contributed by atoms with E-state index in [1.54, 1.807) is 36.3 Å². The lowest BCUT2D eigenvalue weighted by atomic mass is 9.87. The van der Waals surface area contributed by atoms with Crippen molar-refractivity contribution in [3.8, 4) is 16.9 Å². The second-order valence-electron chi connectivity index (χ2n) is 7.17. The minimum atomic E-state index is -3.01. The van der Waals surface area contributed by atoms with E-state index >= 15 is 0 Å². The van der Waals surface area contributed by atoms with Crippen molar-refractivity contribution in [3.63, 3.8) is 0 Å². The highest BCUT2D eigenvalue weighted by Crippen LogP contribution is 2.35. The number of aromatic nitrogens is 3. The van der Waals surface area contributed by atoms with Gasteiger partial charge in [0.15, 0.2) is 11.4 Å². The number of nitrogens with zero attached hydrogens (tertiary/aromatic N) is 3. The predicted octanol–water partition coefficient (Wildman–Crippen LogP) is 3.02. The van der Waals surface area contributed by atoms with Crippen molar-refractivity contribution in [1.82, 2.24) is 19.9 Å². The first-order valence-electron chi connectivity index (χ1n) is 9.22. The van der Waals surface area contributed by atoms with Gasteiger partial charge in [0.2, 0.25) is 0 Å². The van der Waals surface area contributed by atoms with Crippen LogP contribution in [0.5, 0.6) is 5.75 Å². The van der Waals surface area contributed by atoms with Gasteiger partial charge in [0.25, 0.3) is 11.8 Å². The number of carbonyl (C=O) groups is 1. The fraction of sp³-hybridized carbons (Fsp3) is 0.421. The summed E-state index contributed by atoms with van der Waals surface area (Å²) < 4.78 is 35.2. The molecule has 0 radical (unpaired) electrons. The summed E-state index contributed by atoms with van der Waals surface area (Å²) in [5.74, 6) is -2.98. The molecule has 0 bridgehead atoms. The lowest BCUT2D eigenvalue weighted by Gasteiger charge is -2.36. The van der Waals surface area contributed by atoms with Gasteiger partial charge in [-0.25, -0.2) is 18.3 Å². The molecule has 0 spiro atoms. The summed E-state index contributed by atoms with van der Waals surface area (Å²) in [6.45, 7) is 1.87. The Morgan fingerprint density at radius 3 is 2.93 bits per heavy atom. The molecule has 1 aliphatic carbocycles. The fourth-order valence-corrected chi connectivity index (χ4v) is 4.59. The summed E-state index contributed by atoms with van der Waals surface area (Å²) >= 11 is 1.24. The average Bonchev–Trinajstić information content (AvgIpc) is 3.27. The van der Waals surface area contributed by atoms with E-state index in [9.17, 15) is 13.6 Å². The number of aryl methyl sites for hydroxylation is 1. The SMILES string of the molecule is COc1cnc2c(-c3cc(C(=O)N[C@@H]4[C@@H](N)CCCC4(F)F)sc3C)cnn2c1. The van der Waals surface area contributed by atoms with E-state index in [1.165, 1.54) is 11.3 Å². The molecule has 1 fully saturated rings. The molecule has 1 saturated carbocycles. The number of rotatable bonds is 4. The number of nitrogens with two attached hydrogens (primary N) is 1. The maximum atomic E-state index is 14.2. The molecule has 3 N–H and O–H groups in total. The van der Waals surface area contributed by atoms with Gasteiger partial charge in [-0.1, -0.05) is 0 Å². The molecule has 1 aliphatic rings. The Balaban J connectivity index is 1.62. The van der Waals surface area contributed by atoms with Gasteiger partial charge < -0.3 is 15.8 Å². The summed E-state index contributed by atoms with van der Waals surface area (Å²) in [6.07, 6.45) is 5.50. The standard InChI is InChI=1S/C19H21F2N5O2S/c1-10-12(13-8-24-26-9-11(28-2)7-23-17(13)26)6-15(29-10)18(27)25-16-14(22)4-3-5-19(16,20)21/h6-9,14,16H,3-5,22H2,1-2H3,(H,25,27)/t14-,16+/m0/s1. The maximum Gasteiger partial charge on any atom is 0.269 e. The number of alkyl halides is 2. The number of methoxy groups -OCH3 is 1. The van der Waals surface area contributed by atoms with Crippen molar-refractivity contribution in [2.45, 2.75) is 44.2 Å². The summed E-state index contributed by atoms with van der Waals surface area (Å²) in [7, 11) is 1.54. The quantitative estimate of drug-likeness (QED) is 0.675. The van der Waals surface area contributed by atoms with Crippen LogP contribution in [0.15, 0.2) is 24.7 Å². The zero-order chi connectivity index (χ0) is 20.8. The predicted molar refractivity (Wildman–Crippen MR) is 106 cm³/mol. The van der Waals surface area contributed by atoms with Gasteiger partial charge in [0.1, 0.15) is 6.04 Å². The van der Waals surface area contributed by atoms with E-state index in [-0.39, 0.29) is 6.42 Å². The van der Waals surface area contributed by atoms with Crippen LogP contribution in [0.1, 0.15) is 33.8 Å². The maximum absolute atomic E-state index is 14.2. The van der Waals surface area contributed by atoms with E-state index in [0.29, 0.717) is 29.1 Å². The first kappa shape index (κ1) is 19.7. The Hall–Kier alpha value is -2.59. The third-order valence-corrected chi connectivity index (χ3v) is 6.27. The molecule has 3 aromatic rings. The van der Waals surface area contributed by atoms with Crippen molar-refractivity contribution >= 4 is 22.9 Å². The molecule has 0 aliphatic heterocycles. The summed E-state index contributed by atoms with van der Waals surface area (Å²) in [5, 5.41) is 6.74. The molecule has 29 heavy (non-hydrogen) atoms. The lowest BCUT2D eigenvalue weighted by Crippen LogP contribution is -2.59. The highest BCUT2D eigenvalue weighted by molar-refractivity contribution is 7.14. The van der Waals surface area contributed by atoms with Crippen LogP contribution in [0.4, 0.5) is 8.78 Å². The lowest BCUT2D eigenvalue weighted by molar-refractivity contribution is -0.0674. The van der Waals surface area contributed by atoms with Gasteiger partial charge in [-0.05, 0) is 25.8 Å². The molecule has 0 saturated heterocycles. The zero-order valence-corrected chi connectivity index (χ0v) is 16.8. The van der Waals surface area contributed by atoms with E-state index in [0.717, 1.165) is 16.0 Å². The number of carbonyl (C=O) groups excluding carboxylic acids is 1. The number of ether oxygens (including phenoxy) is 1. The van der Waals surface area contributed by atoms with Crippen LogP contribution < -0.4 is 15.8 Å². The van der Waals surface area contributed by atoms with Crippen LogP contribution in [0, 0.1) is 6.92 Å². The zero-order valence-electron chi connectivity index (χ0n) is 16.0. The number of fused-ring (bicyclic) bond motifs is 1. The molecular formula is C19H21F2N5O2S. The Bertz CT molecular complexity index is 1060. The third kappa shape index (κ3) is 3.58. The van der Waals surface area contributed by atoms with Gasteiger partial charge in [0.05, 0.1) is 30.6 Å². The van der Waals surface area contributed by atoms with Crippen molar-refractivity contribution < 1.29 is 18.3 Å². The van der Waals surface area contributed by atoms with Crippen molar-refractivity contribution in [2.24, 2.45) is 5.73 Å². The number of thiophene rings is 1. The molecule has 3 heterocycles. The Morgan fingerprint density at radius 1 is 1.41 bits per heavy atom. The van der Waals surface area contributed by atoms with Crippen LogP contribution in [0.3, 0.4) is 0 Å². The van der Waals surface area contributed by atoms with Gasteiger partial charge >= 0.3 is 0 Å². The van der Waals surface area contributed by atoms with Crippen LogP contribution in [0.2, 0.25) is 0 Å². The normalized spacial score (nSPS) is 21.3. The van der Waals surface area contributed by atoms with Gasteiger partial charge in [-0.3, -0.25) is 4.79 Å². The number of nitrogens with one attached hydrogen (secondary N) is 1. The largest absolute Gasteiger partial charge is 0.494 e. The monoisotopic (exact) mass is 421 g/mol. The number of halogens is 2. The van der Waals surface area contributed by atoms with Crippen molar-refractivity contribution in [1.29, 1.82) is 0 Å². The molecule has 1 amide bonds. The van der Waals surface area contributed by atoms with Gasteiger partial charge in [-0.15, -0.1) is 11.3 Å². The molecule has 3 aromatic heterocycles. The molecule has 10 heteroatoms. The minimum Gasteiger partial charge on any atom is -0.494 e. The Morgan fingerprint density at radius 2 is 2.21 bits per heavy atom. The van der Waals surface area contributed by atoms with E-state index in [1.807, 2.05) is 6.92 Å². The first-order valence-corrected chi connectivity index (χ1v) is 10.0. The molecular weight excluding hydrogens is 400 g/mol. The topological polar surface area (TPSA) is 94.5 Å². The van der Waals surface area contributed by atoms with Crippen LogP contribution in [-0.2, 0) is 0 Å².